The van der Waals surface area contributed by atoms with Crippen molar-refractivity contribution in [1.29, 1.82) is 5.26 Å². The van der Waals surface area contributed by atoms with E-state index in [1.165, 1.54) is 4.90 Å². The molecule has 0 aromatic rings. The topological polar surface area (TPSA) is 108 Å². The van der Waals surface area contributed by atoms with Crippen LogP contribution in [-0.4, -0.2) is 59.2 Å². The molecule has 0 aromatic heterocycles. The van der Waals surface area contributed by atoms with E-state index in [2.05, 4.69) is 6.07 Å². The van der Waals surface area contributed by atoms with Gasteiger partial charge >= 0.3 is 5.97 Å². The van der Waals surface area contributed by atoms with Crippen LogP contribution in [0.4, 0.5) is 0 Å². The molecule has 3 rings (SSSR count). The highest BCUT2D eigenvalue weighted by Gasteiger charge is 2.48. The highest BCUT2D eigenvalue weighted by atomic mass is 16.5. The van der Waals surface area contributed by atoms with Crippen LogP contribution in [0.2, 0.25) is 0 Å². The van der Waals surface area contributed by atoms with Crippen molar-refractivity contribution in [2.45, 2.75) is 63.3 Å². The van der Waals surface area contributed by atoms with Crippen LogP contribution in [0.5, 0.6) is 0 Å². The molecule has 2 saturated carbocycles. The fraction of sp³-hybridized carbons (Fsp3) is 0.750. The van der Waals surface area contributed by atoms with Gasteiger partial charge in [0.05, 0.1) is 17.9 Å². The summed E-state index contributed by atoms with van der Waals surface area (Å²) in [4.78, 5) is 51.7. The van der Waals surface area contributed by atoms with Gasteiger partial charge in [0.25, 0.3) is 5.91 Å². The average molecular weight is 389 g/mol. The van der Waals surface area contributed by atoms with Gasteiger partial charge in [-0.2, -0.15) is 5.26 Å². The quantitative estimate of drug-likeness (QED) is 0.519. The van der Waals surface area contributed by atoms with Crippen LogP contribution in [0.1, 0.15) is 57.8 Å². The van der Waals surface area contributed by atoms with Crippen molar-refractivity contribution < 1.29 is 23.9 Å². The molecule has 3 fully saturated rings. The molecular formula is C20H27N3O5. The summed E-state index contributed by atoms with van der Waals surface area (Å²) in [6.07, 6.45) is 7.22. The van der Waals surface area contributed by atoms with Crippen molar-refractivity contribution in [3.05, 3.63) is 0 Å². The van der Waals surface area contributed by atoms with E-state index >= 15 is 0 Å². The first-order valence-electron chi connectivity index (χ1n) is 10.1. The summed E-state index contributed by atoms with van der Waals surface area (Å²) >= 11 is 0. The highest BCUT2D eigenvalue weighted by Crippen LogP contribution is 2.38. The molecule has 1 aliphatic heterocycles. The third kappa shape index (κ3) is 3.75. The molecular weight excluding hydrogens is 362 g/mol. The first kappa shape index (κ1) is 20.3. The number of nitrogens with zero attached hydrogens (tertiary/aromatic N) is 3. The summed E-state index contributed by atoms with van der Waals surface area (Å²) in [5.41, 5.74) is -0.849. The van der Waals surface area contributed by atoms with Gasteiger partial charge < -0.3 is 9.64 Å². The minimum atomic E-state index is -0.849. The zero-order valence-corrected chi connectivity index (χ0v) is 16.3. The molecule has 3 amide bonds. The van der Waals surface area contributed by atoms with Crippen molar-refractivity contribution in [2.24, 2.45) is 11.8 Å². The molecule has 0 unspecified atom stereocenters. The summed E-state index contributed by atoms with van der Waals surface area (Å²) in [6, 6.07) is 2.25. The second kappa shape index (κ2) is 8.29. The number of esters is 1. The Morgan fingerprint density at radius 1 is 1.11 bits per heavy atom. The molecule has 2 aliphatic carbocycles. The first-order chi connectivity index (χ1) is 13.4. The van der Waals surface area contributed by atoms with Crippen LogP contribution >= 0.6 is 0 Å². The number of imide groups is 1. The van der Waals surface area contributed by atoms with Crippen molar-refractivity contribution >= 4 is 23.7 Å². The number of nitriles is 1. The van der Waals surface area contributed by atoms with E-state index in [9.17, 15) is 24.4 Å². The number of hydrogen-bond acceptors (Lipinski definition) is 6. The third-order valence-electron chi connectivity index (χ3n) is 6.48. The SMILES string of the molecule is CN(C(=O)COC(=O)CN1C(=O)[C@H]2CCCC[C@@H]2C1=O)C1(C#N)CCCCC1. The maximum absolute atomic E-state index is 12.4. The lowest BCUT2D eigenvalue weighted by atomic mass is 9.81. The smallest absolute Gasteiger partial charge is 0.326 e. The second-order valence-corrected chi connectivity index (χ2v) is 8.08. The summed E-state index contributed by atoms with van der Waals surface area (Å²) in [5, 5.41) is 9.55. The molecule has 0 radical (unpaired) electrons. The van der Waals surface area contributed by atoms with E-state index in [0.29, 0.717) is 25.7 Å². The molecule has 2 atom stereocenters. The van der Waals surface area contributed by atoms with Gasteiger partial charge in [0.2, 0.25) is 11.8 Å². The summed E-state index contributed by atoms with van der Waals surface area (Å²) in [6.45, 7) is -0.951. The van der Waals surface area contributed by atoms with Gasteiger partial charge in [0.1, 0.15) is 12.1 Å². The first-order valence-corrected chi connectivity index (χ1v) is 10.1. The largest absolute Gasteiger partial charge is 0.454 e. The lowest BCUT2D eigenvalue weighted by Crippen LogP contribution is -2.51. The maximum atomic E-state index is 12.4. The normalized spacial score (nSPS) is 26.4. The number of hydrogen-bond donors (Lipinski definition) is 0. The number of carbonyl (C=O) groups is 4. The fourth-order valence-electron chi connectivity index (χ4n) is 4.70. The summed E-state index contributed by atoms with van der Waals surface area (Å²) in [7, 11) is 1.56. The highest BCUT2D eigenvalue weighted by molar-refractivity contribution is 6.07. The van der Waals surface area contributed by atoms with Gasteiger partial charge in [-0.1, -0.05) is 32.1 Å². The zero-order chi connectivity index (χ0) is 20.3. The van der Waals surface area contributed by atoms with Crippen LogP contribution in [0.3, 0.4) is 0 Å². The van der Waals surface area contributed by atoms with E-state index in [-0.39, 0.29) is 23.7 Å². The van der Waals surface area contributed by atoms with E-state index in [1.807, 2.05) is 0 Å². The number of fused-ring (bicyclic) bond motifs is 1. The monoisotopic (exact) mass is 389 g/mol. The maximum Gasteiger partial charge on any atom is 0.326 e. The van der Waals surface area contributed by atoms with Crippen molar-refractivity contribution in [3.8, 4) is 6.07 Å². The van der Waals surface area contributed by atoms with Gasteiger partial charge in [-0.05, 0) is 25.7 Å². The molecule has 0 spiro atoms. The van der Waals surface area contributed by atoms with Crippen LogP contribution in [-0.2, 0) is 23.9 Å². The van der Waals surface area contributed by atoms with Gasteiger partial charge in [0, 0.05) is 7.05 Å². The molecule has 3 aliphatic rings. The van der Waals surface area contributed by atoms with Gasteiger partial charge in [-0.25, -0.2) is 0 Å². The lowest BCUT2D eigenvalue weighted by Gasteiger charge is -2.38. The van der Waals surface area contributed by atoms with E-state index < -0.39 is 30.6 Å². The molecule has 0 aromatic carbocycles. The van der Waals surface area contributed by atoms with Crippen molar-refractivity contribution in [2.75, 3.05) is 20.2 Å². The average Bonchev–Trinajstić information content (AvgIpc) is 2.97. The minimum absolute atomic E-state index is 0.305. The van der Waals surface area contributed by atoms with Crippen LogP contribution in [0.15, 0.2) is 0 Å². The number of amides is 3. The minimum Gasteiger partial charge on any atom is -0.454 e. The molecule has 8 heteroatoms. The zero-order valence-electron chi connectivity index (χ0n) is 16.3. The van der Waals surface area contributed by atoms with Gasteiger partial charge in [-0.3, -0.25) is 24.1 Å². The number of likely N-dealkylation sites (N-methyl/N-ethyl adjacent to an activating group) is 1. The van der Waals surface area contributed by atoms with Crippen LogP contribution in [0.25, 0.3) is 0 Å². The Bertz CT molecular complexity index is 683. The standard InChI is InChI=1S/C20H27N3O5/c1-22(20(13-21)9-5-2-6-10-20)16(24)12-28-17(25)11-23-18(26)14-7-3-4-8-15(14)19(23)27/h14-15H,2-12H2,1H3/t14-,15-/m0/s1. The van der Waals surface area contributed by atoms with Crippen molar-refractivity contribution in [1.82, 2.24) is 9.80 Å². The third-order valence-corrected chi connectivity index (χ3v) is 6.48. The molecule has 1 heterocycles. The Kier molecular flexibility index (Phi) is 6.01. The Morgan fingerprint density at radius 3 is 2.21 bits per heavy atom. The number of carbonyl (C=O) groups excluding carboxylic acids is 4. The Balaban J connectivity index is 1.53. The molecule has 8 nitrogen and oxygen atoms in total. The molecule has 0 N–H and O–H groups in total. The Labute approximate surface area is 164 Å². The molecule has 152 valence electrons. The number of ether oxygens (including phenoxy) is 1. The summed E-state index contributed by atoms with van der Waals surface area (Å²) in [5.74, 6) is -2.48. The van der Waals surface area contributed by atoms with E-state index in [0.717, 1.165) is 37.0 Å². The second-order valence-electron chi connectivity index (χ2n) is 8.08. The van der Waals surface area contributed by atoms with Gasteiger partial charge in [0.15, 0.2) is 6.61 Å². The predicted molar refractivity (Wildman–Crippen MR) is 97.3 cm³/mol. The van der Waals surface area contributed by atoms with Crippen LogP contribution < -0.4 is 0 Å². The van der Waals surface area contributed by atoms with E-state index in [1.54, 1.807) is 7.05 Å². The Hall–Kier alpha value is -2.43. The number of rotatable bonds is 5. The number of likely N-dealkylation sites (tertiary alicyclic amines) is 1. The van der Waals surface area contributed by atoms with Crippen LogP contribution in [0, 0.1) is 23.2 Å². The fourth-order valence-corrected chi connectivity index (χ4v) is 4.70. The lowest BCUT2D eigenvalue weighted by molar-refractivity contribution is -0.157. The molecule has 1 saturated heterocycles. The van der Waals surface area contributed by atoms with E-state index in [4.69, 9.17) is 4.74 Å². The molecule has 0 bridgehead atoms. The van der Waals surface area contributed by atoms with Gasteiger partial charge in [-0.15, -0.1) is 0 Å². The predicted octanol–water partition coefficient (Wildman–Crippen LogP) is 1.39. The summed E-state index contributed by atoms with van der Waals surface area (Å²) < 4.78 is 5.03. The molecule has 28 heavy (non-hydrogen) atoms. The Morgan fingerprint density at radius 2 is 1.68 bits per heavy atom. The van der Waals surface area contributed by atoms with Crippen molar-refractivity contribution in [3.63, 3.8) is 0 Å².